The molecule has 0 aromatic heterocycles. The molecule has 0 fully saturated rings. The number of ether oxygens (including phenoxy) is 1. The Morgan fingerprint density at radius 3 is 2.17 bits per heavy atom. The Labute approximate surface area is 73.4 Å². The highest BCUT2D eigenvalue weighted by Gasteiger charge is 1.73. The first-order chi connectivity index (χ1) is 5.83. The lowest BCUT2D eigenvalue weighted by atomic mass is 10.5. The Morgan fingerprint density at radius 1 is 1.33 bits per heavy atom. The molecule has 0 aliphatic rings. The van der Waals surface area contributed by atoms with Gasteiger partial charge in [0.25, 0.3) is 0 Å². The summed E-state index contributed by atoms with van der Waals surface area (Å²) in [7, 11) is 0. The summed E-state index contributed by atoms with van der Waals surface area (Å²) in [6.07, 6.45) is 3.83. The van der Waals surface area contributed by atoms with Gasteiger partial charge in [0.05, 0.1) is 13.2 Å². The molecule has 2 N–H and O–H groups in total. The van der Waals surface area contributed by atoms with E-state index in [0.717, 1.165) is 6.42 Å². The van der Waals surface area contributed by atoms with E-state index in [0.29, 0.717) is 13.2 Å². The molecule has 4 heteroatoms. The molecule has 0 saturated carbocycles. The maximum atomic E-state index is 8.07. The van der Waals surface area contributed by atoms with E-state index in [-0.39, 0.29) is 6.61 Å². The lowest BCUT2D eigenvalue weighted by molar-refractivity contribution is -0.186. The van der Waals surface area contributed by atoms with Crippen LogP contribution in [0.25, 0.3) is 0 Å². The van der Waals surface area contributed by atoms with Crippen molar-refractivity contribution in [3.8, 4) is 0 Å². The van der Waals surface area contributed by atoms with Crippen molar-refractivity contribution in [2.45, 2.75) is 20.3 Å². The van der Waals surface area contributed by atoms with E-state index in [2.05, 4.69) is 4.89 Å². The number of allylic oxidation sites excluding steroid dienone is 1. The normalized spacial score (nSPS) is 9.33. The van der Waals surface area contributed by atoms with Gasteiger partial charge in [0.2, 0.25) is 0 Å². The van der Waals surface area contributed by atoms with Crippen LogP contribution in [0.15, 0.2) is 12.3 Å². The quantitative estimate of drug-likeness (QED) is 0.289. The van der Waals surface area contributed by atoms with E-state index in [1.165, 1.54) is 6.26 Å². The fourth-order valence-corrected chi connectivity index (χ4v) is 0.348. The number of aliphatic hydroxyl groups is 1. The van der Waals surface area contributed by atoms with Gasteiger partial charge in [0, 0.05) is 6.61 Å². The summed E-state index contributed by atoms with van der Waals surface area (Å²) in [5, 5.41) is 15.7. The second-order valence-corrected chi connectivity index (χ2v) is 1.81. The molecule has 12 heavy (non-hydrogen) atoms. The minimum atomic E-state index is 0.133. The second kappa shape index (κ2) is 16.8. The van der Waals surface area contributed by atoms with E-state index < -0.39 is 0 Å². The van der Waals surface area contributed by atoms with Gasteiger partial charge >= 0.3 is 0 Å². The van der Waals surface area contributed by atoms with Crippen LogP contribution in [-0.4, -0.2) is 30.2 Å². The molecule has 0 heterocycles. The van der Waals surface area contributed by atoms with Crippen LogP contribution >= 0.6 is 0 Å². The number of hydrogen-bond acceptors (Lipinski definition) is 4. The van der Waals surface area contributed by atoms with Crippen LogP contribution < -0.4 is 0 Å². The molecule has 0 atom stereocenters. The fraction of sp³-hybridized carbons (Fsp3) is 0.750. The van der Waals surface area contributed by atoms with Crippen molar-refractivity contribution in [3.63, 3.8) is 0 Å². The Balaban J connectivity index is 0. The minimum Gasteiger partial charge on any atom is -0.394 e. The Bertz CT molecular complexity index is 73.1. The second-order valence-electron chi connectivity index (χ2n) is 1.81. The maximum absolute atomic E-state index is 8.07. The van der Waals surface area contributed by atoms with Crippen molar-refractivity contribution in [1.82, 2.24) is 0 Å². The standard InChI is InChI=1S/C4H10O2.C4H8O2/c1-2-6-4-3-5;1-2-3-4-6-5/h5H,2-4H2,1H3;3-5H,2H2,1H3. The van der Waals surface area contributed by atoms with E-state index in [1.54, 1.807) is 6.08 Å². The van der Waals surface area contributed by atoms with Gasteiger partial charge in [0.1, 0.15) is 6.26 Å². The lowest BCUT2D eigenvalue weighted by Crippen LogP contribution is -1.96. The Morgan fingerprint density at radius 2 is 2.00 bits per heavy atom. The highest BCUT2D eigenvalue weighted by molar-refractivity contribution is 4.68. The van der Waals surface area contributed by atoms with E-state index in [9.17, 15) is 0 Å². The SMILES string of the molecule is CCC=COO.CCOCCO. The molecule has 0 unspecified atom stereocenters. The minimum absolute atomic E-state index is 0.133. The van der Waals surface area contributed by atoms with E-state index >= 15 is 0 Å². The molecule has 0 amide bonds. The summed E-state index contributed by atoms with van der Waals surface area (Å²) >= 11 is 0. The predicted molar refractivity (Wildman–Crippen MR) is 46.7 cm³/mol. The van der Waals surface area contributed by atoms with Crippen molar-refractivity contribution in [3.05, 3.63) is 12.3 Å². The topological polar surface area (TPSA) is 58.9 Å². The summed E-state index contributed by atoms with van der Waals surface area (Å²) < 4.78 is 4.73. The summed E-state index contributed by atoms with van der Waals surface area (Å²) in [4.78, 5) is 3.60. The molecule has 0 saturated heterocycles. The molecule has 0 aliphatic heterocycles. The molecule has 0 aromatic carbocycles. The molecule has 0 radical (unpaired) electrons. The molecule has 4 nitrogen and oxygen atoms in total. The molecule has 0 bridgehead atoms. The van der Waals surface area contributed by atoms with Crippen LogP contribution in [0.1, 0.15) is 20.3 Å². The Hall–Kier alpha value is -0.580. The summed E-state index contributed by atoms with van der Waals surface area (Å²) in [6.45, 7) is 5.15. The zero-order valence-corrected chi connectivity index (χ0v) is 7.69. The van der Waals surface area contributed by atoms with Crippen LogP contribution in [0.4, 0.5) is 0 Å². The van der Waals surface area contributed by atoms with Crippen molar-refractivity contribution in [2.75, 3.05) is 19.8 Å². The number of rotatable bonds is 5. The summed E-state index contributed by atoms with van der Waals surface area (Å²) in [5.41, 5.74) is 0. The van der Waals surface area contributed by atoms with Gasteiger partial charge in [-0.3, -0.25) is 0 Å². The fourth-order valence-electron chi connectivity index (χ4n) is 0.348. The molecular weight excluding hydrogens is 160 g/mol. The molecule has 0 aromatic rings. The van der Waals surface area contributed by atoms with Crippen molar-refractivity contribution < 1.29 is 20.0 Å². The van der Waals surface area contributed by atoms with Crippen molar-refractivity contribution in [2.24, 2.45) is 0 Å². The van der Waals surface area contributed by atoms with Gasteiger partial charge in [-0.05, 0) is 19.4 Å². The zero-order valence-electron chi connectivity index (χ0n) is 7.69. The molecule has 0 aliphatic carbocycles. The largest absolute Gasteiger partial charge is 0.394 e. The molecular formula is C8H18O4. The molecule has 74 valence electrons. The van der Waals surface area contributed by atoms with E-state index in [4.69, 9.17) is 15.1 Å². The first-order valence-electron chi connectivity index (χ1n) is 3.97. The van der Waals surface area contributed by atoms with Crippen molar-refractivity contribution in [1.29, 1.82) is 0 Å². The zero-order chi connectivity index (χ0) is 9.66. The smallest absolute Gasteiger partial charge is 0.125 e. The first kappa shape index (κ1) is 14.0. The number of aliphatic hydroxyl groups excluding tert-OH is 1. The number of hydrogen-bond donors (Lipinski definition) is 2. The Kier molecular flexibility index (Phi) is 19.6. The van der Waals surface area contributed by atoms with Gasteiger partial charge in [-0.2, -0.15) is 0 Å². The third kappa shape index (κ3) is 22.7. The average molecular weight is 178 g/mol. The predicted octanol–water partition coefficient (Wildman–Crippen LogP) is 1.41. The van der Waals surface area contributed by atoms with Gasteiger partial charge in [-0.15, -0.1) is 0 Å². The van der Waals surface area contributed by atoms with Gasteiger partial charge < -0.3 is 14.7 Å². The third-order valence-electron chi connectivity index (χ3n) is 0.833. The van der Waals surface area contributed by atoms with Gasteiger partial charge in [-0.25, -0.2) is 5.26 Å². The van der Waals surface area contributed by atoms with Crippen LogP contribution in [-0.2, 0) is 9.62 Å². The van der Waals surface area contributed by atoms with Gasteiger partial charge in [0.15, 0.2) is 0 Å². The monoisotopic (exact) mass is 178 g/mol. The van der Waals surface area contributed by atoms with Crippen LogP contribution in [0.5, 0.6) is 0 Å². The third-order valence-corrected chi connectivity index (χ3v) is 0.833. The lowest BCUT2D eigenvalue weighted by Gasteiger charge is -1.91. The molecule has 0 rings (SSSR count). The first-order valence-corrected chi connectivity index (χ1v) is 3.97. The maximum Gasteiger partial charge on any atom is 0.125 e. The average Bonchev–Trinajstić information content (AvgIpc) is 2.12. The van der Waals surface area contributed by atoms with Crippen LogP contribution in [0, 0.1) is 0 Å². The highest BCUT2D eigenvalue weighted by atomic mass is 17.1. The summed E-state index contributed by atoms with van der Waals surface area (Å²) in [6, 6.07) is 0. The van der Waals surface area contributed by atoms with Crippen molar-refractivity contribution >= 4 is 0 Å². The van der Waals surface area contributed by atoms with E-state index in [1.807, 2.05) is 13.8 Å². The summed E-state index contributed by atoms with van der Waals surface area (Å²) in [5.74, 6) is 0. The van der Waals surface area contributed by atoms with Gasteiger partial charge in [-0.1, -0.05) is 6.92 Å². The highest BCUT2D eigenvalue weighted by Crippen LogP contribution is 1.76. The molecule has 0 spiro atoms. The van der Waals surface area contributed by atoms with Crippen LogP contribution in [0.3, 0.4) is 0 Å². The van der Waals surface area contributed by atoms with Crippen LogP contribution in [0.2, 0.25) is 0 Å².